The van der Waals surface area contributed by atoms with Crippen molar-refractivity contribution >= 4 is 17.5 Å². The molecule has 1 atom stereocenters. The Morgan fingerprint density at radius 3 is 2.44 bits per heavy atom. The van der Waals surface area contributed by atoms with Crippen molar-refractivity contribution in [3.63, 3.8) is 0 Å². The molecule has 27 heavy (non-hydrogen) atoms. The summed E-state index contributed by atoms with van der Waals surface area (Å²) in [7, 11) is 0. The minimum Gasteiger partial charge on any atom is -0.364 e. The van der Waals surface area contributed by atoms with E-state index in [2.05, 4.69) is 22.3 Å². The first-order valence-electron chi connectivity index (χ1n) is 9.53. The quantitative estimate of drug-likeness (QED) is 0.781. The number of amides is 1. The molecule has 0 bridgehead atoms. The lowest BCUT2D eigenvalue weighted by Gasteiger charge is -2.32. The molecular weight excluding hydrogens is 360 g/mol. The maximum absolute atomic E-state index is 12.4. The number of hydrogen-bond donors (Lipinski definition) is 1. The molecule has 1 unspecified atom stereocenters. The number of nitrogens with zero attached hydrogens (tertiary/aromatic N) is 1. The average Bonchev–Trinajstić information content (AvgIpc) is 2.70. The van der Waals surface area contributed by atoms with Crippen molar-refractivity contribution < 1.29 is 9.53 Å². The Morgan fingerprint density at radius 2 is 1.78 bits per heavy atom. The Kier molecular flexibility index (Phi) is 7.27. The van der Waals surface area contributed by atoms with Gasteiger partial charge in [0.15, 0.2) is 0 Å². The normalized spacial score (nSPS) is 16.8. The van der Waals surface area contributed by atoms with Crippen molar-refractivity contribution in [2.75, 3.05) is 13.1 Å². The maximum Gasteiger partial charge on any atom is 0.249 e. The molecule has 0 aromatic heterocycles. The SMILES string of the molecule is CC(OCc1ccccc1)C(=O)NC1CCN(Cc2ccc(Cl)cc2)CC1. The van der Waals surface area contributed by atoms with Gasteiger partial charge in [-0.25, -0.2) is 0 Å². The highest BCUT2D eigenvalue weighted by Gasteiger charge is 2.23. The summed E-state index contributed by atoms with van der Waals surface area (Å²) in [5, 5.41) is 3.91. The van der Waals surface area contributed by atoms with Gasteiger partial charge in [-0.3, -0.25) is 9.69 Å². The second-order valence-electron chi connectivity index (χ2n) is 7.12. The van der Waals surface area contributed by atoms with E-state index in [4.69, 9.17) is 16.3 Å². The fourth-order valence-corrected chi connectivity index (χ4v) is 3.40. The number of piperidine rings is 1. The predicted octanol–water partition coefficient (Wildman–Crippen LogP) is 4.03. The number of hydrogen-bond acceptors (Lipinski definition) is 3. The number of nitrogens with one attached hydrogen (secondary N) is 1. The van der Waals surface area contributed by atoms with E-state index in [0.29, 0.717) is 6.61 Å². The molecule has 0 saturated carbocycles. The number of carbonyl (C=O) groups is 1. The first-order valence-corrected chi connectivity index (χ1v) is 9.90. The first kappa shape index (κ1) is 19.9. The van der Waals surface area contributed by atoms with Crippen LogP contribution in [0.5, 0.6) is 0 Å². The van der Waals surface area contributed by atoms with Gasteiger partial charge in [-0.1, -0.05) is 54.1 Å². The molecule has 1 saturated heterocycles. The molecule has 1 amide bonds. The zero-order chi connectivity index (χ0) is 19.1. The van der Waals surface area contributed by atoms with Gasteiger partial charge in [0.2, 0.25) is 5.91 Å². The smallest absolute Gasteiger partial charge is 0.249 e. The standard InChI is InChI=1S/C22H27ClN2O2/c1-17(27-16-19-5-3-2-4-6-19)22(26)24-21-11-13-25(14-12-21)15-18-7-9-20(23)10-8-18/h2-10,17,21H,11-16H2,1H3,(H,24,26). The van der Waals surface area contributed by atoms with E-state index in [1.165, 1.54) is 5.56 Å². The number of rotatable bonds is 7. The van der Waals surface area contributed by atoms with Gasteiger partial charge in [0.05, 0.1) is 6.61 Å². The third-order valence-electron chi connectivity index (χ3n) is 4.97. The molecule has 0 spiro atoms. The van der Waals surface area contributed by atoms with Gasteiger partial charge < -0.3 is 10.1 Å². The van der Waals surface area contributed by atoms with Gasteiger partial charge in [0.25, 0.3) is 0 Å². The molecule has 5 heteroatoms. The van der Waals surface area contributed by atoms with Crippen LogP contribution in [0.2, 0.25) is 5.02 Å². The van der Waals surface area contributed by atoms with Crippen LogP contribution in [0.4, 0.5) is 0 Å². The minimum absolute atomic E-state index is 0.0258. The maximum atomic E-state index is 12.4. The van der Waals surface area contributed by atoms with Crippen LogP contribution < -0.4 is 5.32 Å². The van der Waals surface area contributed by atoms with Gasteiger partial charge in [-0.2, -0.15) is 0 Å². The Morgan fingerprint density at radius 1 is 1.11 bits per heavy atom. The minimum atomic E-state index is -0.447. The highest BCUT2D eigenvalue weighted by atomic mass is 35.5. The van der Waals surface area contributed by atoms with Crippen LogP contribution in [0.1, 0.15) is 30.9 Å². The summed E-state index contributed by atoms with van der Waals surface area (Å²) in [6, 6.07) is 18.1. The molecule has 144 valence electrons. The topological polar surface area (TPSA) is 41.6 Å². The number of halogens is 1. The molecule has 1 fully saturated rings. The molecule has 0 aliphatic carbocycles. The lowest BCUT2D eigenvalue weighted by Crippen LogP contribution is -2.47. The van der Waals surface area contributed by atoms with Crippen molar-refractivity contribution in [2.45, 2.75) is 45.1 Å². The molecule has 4 nitrogen and oxygen atoms in total. The summed E-state index contributed by atoms with van der Waals surface area (Å²) in [6.07, 6.45) is 1.48. The largest absolute Gasteiger partial charge is 0.364 e. The van der Waals surface area contributed by atoms with Crippen molar-refractivity contribution in [2.24, 2.45) is 0 Å². The highest BCUT2D eigenvalue weighted by Crippen LogP contribution is 2.16. The van der Waals surface area contributed by atoms with Crippen LogP contribution in [-0.2, 0) is 22.7 Å². The summed E-state index contributed by atoms with van der Waals surface area (Å²) in [6.45, 7) is 5.15. The average molecular weight is 387 g/mol. The zero-order valence-corrected chi connectivity index (χ0v) is 16.5. The Hall–Kier alpha value is -1.88. The van der Waals surface area contributed by atoms with E-state index < -0.39 is 6.10 Å². The highest BCUT2D eigenvalue weighted by molar-refractivity contribution is 6.30. The second-order valence-corrected chi connectivity index (χ2v) is 7.56. The molecule has 0 radical (unpaired) electrons. The third kappa shape index (κ3) is 6.35. The summed E-state index contributed by atoms with van der Waals surface area (Å²) in [4.78, 5) is 14.8. The van der Waals surface area contributed by atoms with Crippen LogP contribution >= 0.6 is 11.6 Å². The van der Waals surface area contributed by atoms with Crippen molar-refractivity contribution in [3.05, 3.63) is 70.7 Å². The van der Waals surface area contributed by atoms with E-state index in [-0.39, 0.29) is 11.9 Å². The number of likely N-dealkylation sites (tertiary alicyclic amines) is 1. The summed E-state index contributed by atoms with van der Waals surface area (Å²) in [5.74, 6) is -0.0258. The van der Waals surface area contributed by atoms with E-state index in [0.717, 1.165) is 43.1 Å². The van der Waals surface area contributed by atoms with E-state index in [1.54, 1.807) is 0 Å². The fourth-order valence-electron chi connectivity index (χ4n) is 3.27. The lowest BCUT2D eigenvalue weighted by atomic mass is 10.0. The van der Waals surface area contributed by atoms with Crippen molar-refractivity contribution in [1.82, 2.24) is 10.2 Å². The van der Waals surface area contributed by atoms with Crippen LogP contribution in [0.3, 0.4) is 0 Å². The van der Waals surface area contributed by atoms with Crippen LogP contribution in [-0.4, -0.2) is 36.0 Å². The van der Waals surface area contributed by atoms with Crippen molar-refractivity contribution in [1.29, 1.82) is 0 Å². The van der Waals surface area contributed by atoms with Crippen LogP contribution in [0.25, 0.3) is 0 Å². The molecule has 1 heterocycles. The Bertz CT molecular complexity index is 713. The van der Waals surface area contributed by atoms with Gasteiger partial charge >= 0.3 is 0 Å². The molecule has 3 rings (SSSR count). The first-order chi connectivity index (χ1) is 13.1. The van der Waals surface area contributed by atoms with Crippen LogP contribution in [0, 0.1) is 0 Å². The predicted molar refractivity (Wildman–Crippen MR) is 109 cm³/mol. The van der Waals surface area contributed by atoms with Gasteiger partial charge in [-0.15, -0.1) is 0 Å². The summed E-state index contributed by atoms with van der Waals surface area (Å²) >= 11 is 5.94. The second kappa shape index (κ2) is 9.88. The number of ether oxygens (including phenoxy) is 1. The van der Waals surface area contributed by atoms with E-state index in [1.807, 2.05) is 49.4 Å². The van der Waals surface area contributed by atoms with Crippen molar-refractivity contribution in [3.8, 4) is 0 Å². The Labute approximate surface area is 166 Å². The van der Waals surface area contributed by atoms with Gasteiger partial charge in [0, 0.05) is 30.7 Å². The molecule has 1 N–H and O–H groups in total. The number of benzene rings is 2. The zero-order valence-electron chi connectivity index (χ0n) is 15.7. The fraction of sp³-hybridized carbons (Fsp3) is 0.409. The molecule has 1 aliphatic rings. The monoisotopic (exact) mass is 386 g/mol. The summed E-state index contributed by atoms with van der Waals surface area (Å²) in [5.41, 5.74) is 2.34. The van der Waals surface area contributed by atoms with Crippen LogP contribution in [0.15, 0.2) is 54.6 Å². The van der Waals surface area contributed by atoms with E-state index in [9.17, 15) is 4.79 Å². The Balaban J connectivity index is 1.37. The third-order valence-corrected chi connectivity index (χ3v) is 5.22. The molecular formula is C22H27ClN2O2. The van der Waals surface area contributed by atoms with Gasteiger partial charge in [0.1, 0.15) is 6.10 Å². The number of carbonyl (C=O) groups excluding carboxylic acids is 1. The molecule has 2 aromatic carbocycles. The molecule has 2 aromatic rings. The lowest BCUT2D eigenvalue weighted by molar-refractivity contribution is -0.133. The van der Waals surface area contributed by atoms with Gasteiger partial charge in [-0.05, 0) is 43.0 Å². The molecule has 1 aliphatic heterocycles. The summed E-state index contributed by atoms with van der Waals surface area (Å²) < 4.78 is 5.71. The van der Waals surface area contributed by atoms with E-state index >= 15 is 0 Å².